The summed E-state index contributed by atoms with van der Waals surface area (Å²) < 4.78 is 2.00. The number of hydrogen-bond donors (Lipinski definition) is 0. The van der Waals surface area contributed by atoms with Crippen molar-refractivity contribution >= 4 is 5.82 Å². The molecule has 0 spiro atoms. The van der Waals surface area contributed by atoms with Gasteiger partial charge in [0, 0.05) is 26.2 Å². The van der Waals surface area contributed by atoms with Crippen LogP contribution in [-0.2, 0) is 7.05 Å². The van der Waals surface area contributed by atoms with Crippen molar-refractivity contribution in [2.45, 2.75) is 33.6 Å². The van der Waals surface area contributed by atoms with Gasteiger partial charge in [0.15, 0.2) is 0 Å². The van der Waals surface area contributed by atoms with Gasteiger partial charge in [-0.05, 0) is 31.6 Å². The van der Waals surface area contributed by atoms with Gasteiger partial charge in [0.2, 0.25) is 0 Å². The molecule has 1 fully saturated rings. The van der Waals surface area contributed by atoms with Gasteiger partial charge in [-0.15, -0.1) is 0 Å². The highest BCUT2D eigenvalue weighted by atomic mass is 15.4. The Morgan fingerprint density at radius 3 is 2.38 bits per heavy atom. The third-order valence-corrected chi connectivity index (χ3v) is 3.78. The molecule has 0 saturated carbocycles. The molecule has 1 aliphatic heterocycles. The Morgan fingerprint density at radius 1 is 1.31 bits per heavy atom. The molecule has 2 heterocycles. The van der Waals surface area contributed by atoms with E-state index in [1.54, 1.807) is 0 Å². The Bertz CT molecular complexity index is 346. The predicted molar refractivity (Wildman–Crippen MR) is 67.7 cm³/mol. The molecule has 0 N–H and O–H groups in total. The van der Waals surface area contributed by atoms with Crippen molar-refractivity contribution in [3.63, 3.8) is 0 Å². The van der Waals surface area contributed by atoms with E-state index in [9.17, 15) is 0 Å². The van der Waals surface area contributed by atoms with Gasteiger partial charge in [-0.3, -0.25) is 4.68 Å². The van der Waals surface area contributed by atoms with Gasteiger partial charge < -0.3 is 4.90 Å². The van der Waals surface area contributed by atoms with Crippen LogP contribution >= 0.6 is 0 Å². The molecule has 0 unspecified atom stereocenters. The third kappa shape index (κ3) is 2.23. The number of aromatic nitrogens is 2. The average molecular weight is 221 g/mol. The summed E-state index contributed by atoms with van der Waals surface area (Å²) in [4.78, 5) is 2.47. The predicted octanol–water partition coefficient (Wildman–Crippen LogP) is 2.60. The van der Waals surface area contributed by atoms with Gasteiger partial charge in [0.05, 0.1) is 5.69 Å². The Labute approximate surface area is 98.4 Å². The molecule has 1 aromatic heterocycles. The van der Waals surface area contributed by atoms with Gasteiger partial charge >= 0.3 is 0 Å². The molecular weight excluding hydrogens is 198 g/mol. The number of rotatable bonds is 2. The van der Waals surface area contributed by atoms with E-state index >= 15 is 0 Å². The maximum absolute atomic E-state index is 4.42. The van der Waals surface area contributed by atoms with Crippen LogP contribution in [0.2, 0.25) is 0 Å². The Balaban J connectivity index is 2.01. The molecule has 1 aromatic rings. The largest absolute Gasteiger partial charge is 0.357 e. The summed E-state index contributed by atoms with van der Waals surface area (Å²) in [7, 11) is 2.04. The lowest BCUT2D eigenvalue weighted by atomic mass is 9.87. The van der Waals surface area contributed by atoms with Crippen LogP contribution in [-0.4, -0.2) is 22.9 Å². The summed E-state index contributed by atoms with van der Waals surface area (Å²) in [6.45, 7) is 9.11. The van der Waals surface area contributed by atoms with E-state index in [-0.39, 0.29) is 0 Å². The quantitative estimate of drug-likeness (QED) is 0.765. The number of aryl methyl sites for hydroxylation is 2. The lowest BCUT2D eigenvalue weighted by Crippen LogP contribution is -2.36. The van der Waals surface area contributed by atoms with E-state index in [0.717, 1.165) is 17.5 Å². The number of piperidine rings is 1. The molecule has 0 radical (unpaired) electrons. The number of hydrogen-bond acceptors (Lipinski definition) is 2. The standard InChI is InChI=1S/C13H23N3/c1-10(2)12-5-7-16(8-6-12)13-9-11(3)14-15(13)4/h9-10,12H,5-8H2,1-4H3. The average Bonchev–Trinajstić information content (AvgIpc) is 2.58. The molecule has 0 amide bonds. The van der Waals surface area contributed by atoms with Crippen molar-refractivity contribution in [3.05, 3.63) is 11.8 Å². The lowest BCUT2D eigenvalue weighted by molar-refractivity contribution is 0.309. The van der Waals surface area contributed by atoms with Gasteiger partial charge in [-0.1, -0.05) is 13.8 Å². The summed E-state index contributed by atoms with van der Waals surface area (Å²) in [5.74, 6) is 3.01. The van der Waals surface area contributed by atoms with Crippen LogP contribution in [0.4, 0.5) is 5.82 Å². The van der Waals surface area contributed by atoms with Crippen molar-refractivity contribution in [1.82, 2.24) is 9.78 Å². The lowest BCUT2D eigenvalue weighted by Gasteiger charge is -2.34. The second-order valence-electron chi connectivity index (χ2n) is 5.34. The third-order valence-electron chi connectivity index (χ3n) is 3.78. The van der Waals surface area contributed by atoms with Gasteiger partial charge in [0.25, 0.3) is 0 Å². The first-order chi connectivity index (χ1) is 7.58. The van der Waals surface area contributed by atoms with Crippen LogP contribution in [0.1, 0.15) is 32.4 Å². The Hall–Kier alpha value is -0.990. The van der Waals surface area contributed by atoms with Crippen molar-refractivity contribution in [2.24, 2.45) is 18.9 Å². The molecule has 0 aromatic carbocycles. The van der Waals surface area contributed by atoms with Crippen molar-refractivity contribution in [3.8, 4) is 0 Å². The van der Waals surface area contributed by atoms with E-state index in [4.69, 9.17) is 0 Å². The SMILES string of the molecule is Cc1cc(N2CCC(C(C)C)CC2)n(C)n1. The minimum Gasteiger partial charge on any atom is -0.357 e. The number of anilines is 1. The van der Waals surface area contributed by atoms with E-state index in [1.807, 2.05) is 11.7 Å². The molecule has 0 aliphatic carbocycles. The zero-order valence-corrected chi connectivity index (χ0v) is 10.9. The smallest absolute Gasteiger partial charge is 0.126 e. The van der Waals surface area contributed by atoms with Crippen molar-refractivity contribution in [1.29, 1.82) is 0 Å². The molecule has 16 heavy (non-hydrogen) atoms. The van der Waals surface area contributed by atoms with Crippen molar-refractivity contribution in [2.75, 3.05) is 18.0 Å². The second kappa shape index (κ2) is 4.48. The highest BCUT2D eigenvalue weighted by Gasteiger charge is 2.23. The summed E-state index contributed by atoms with van der Waals surface area (Å²) in [6.07, 6.45) is 2.64. The van der Waals surface area contributed by atoms with Gasteiger partial charge in [-0.25, -0.2) is 0 Å². The molecule has 0 atom stereocenters. The fourth-order valence-corrected chi connectivity index (χ4v) is 2.69. The van der Waals surface area contributed by atoms with Crippen LogP contribution in [0.3, 0.4) is 0 Å². The van der Waals surface area contributed by atoms with E-state index in [2.05, 4.69) is 36.8 Å². The number of nitrogens with zero attached hydrogens (tertiary/aromatic N) is 3. The first-order valence-corrected chi connectivity index (χ1v) is 6.33. The first kappa shape index (κ1) is 11.5. The van der Waals surface area contributed by atoms with Gasteiger partial charge in [-0.2, -0.15) is 5.10 Å². The Morgan fingerprint density at radius 2 is 1.94 bits per heavy atom. The van der Waals surface area contributed by atoms with Crippen LogP contribution in [0.15, 0.2) is 6.07 Å². The molecule has 0 bridgehead atoms. The molecule has 3 nitrogen and oxygen atoms in total. The maximum atomic E-state index is 4.42. The molecule has 1 saturated heterocycles. The molecule has 1 aliphatic rings. The van der Waals surface area contributed by atoms with E-state index < -0.39 is 0 Å². The zero-order chi connectivity index (χ0) is 11.7. The van der Waals surface area contributed by atoms with Crippen LogP contribution < -0.4 is 4.90 Å². The molecule has 3 heteroatoms. The summed E-state index contributed by atoms with van der Waals surface area (Å²) >= 11 is 0. The van der Waals surface area contributed by atoms with Crippen LogP contribution in [0, 0.1) is 18.8 Å². The molecular formula is C13H23N3. The summed E-state index contributed by atoms with van der Waals surface area (Å²) in [5.41, 5.74) is 1.11. The maximum Gasteiger partial charge on any atom is 0.126 e. The first-order valence-electron chi connectivity index (χ1n) is 6.33. The minimum atomic E-state index is 0.829. The topological polar surface area (TPSA) is 21.1 Å². The van der Waals surface area contributed by atoms with Gasteiger partial charge in [0.1, 0.15) is 5.82 Å². The second-order valence-corrected chi connectivity index (χ2v) is 5.34. The highest BCUT2D eigenvalue weighted by molar-refractivity contribution is 5.40. The van der Waals surface area contributed by atoms with E-state index in [0.29, 0.717) is 0 Å². The van der Waals surface area contributed by atoms with Crippen molar-refractivity contribution < 1.29 is 0 Å². The van der Waals surface area contributed by atoms with Crippen LogP contribution in [0.25, 0.3) is 0 Å². The molecule has 2 rings (SSSR count). The molecule has 90 valence electrons. The minimum absolute atomic E-state index is 0.829. The Kier molecular flexibility index (Phi) is 3.22. The van der Waals surface area contributed by atoms with E-state index in [1.165, 1.54) is 31.7 Å². The summed E-state index contributed by atoms with van der Waals surface area (Å²) in [6, 6.07) is 2.19. The normalized spacial score (nSPS) is 18.4. The monoisotopic (exact) mass is 221 g/mol. The van der Waals surface area contributed by atoms with Crippen LogP contribution in [0.5, 0.6) is 0 Å². The zero-order valence-electron chi connectivity index (χ0n) is 10.9. The fourth-order valence-electron chi connectivity index (χ4n) is 2.69. The highest BCUT2D eigenvalue weighted by Crippen LogP contribution is 2.27. The fraction of sp³-hybridized carbons (Fsp3) is 0.769. The summed E-state index contributed by atoms with van der Waals surface area (Å²) in [5, 5.41) is 4.42.